The molecule has 0 saturated carbocycles. The Morgan fingerprint density at radius 3 is 2.14 bits per heavy atom. The van der Waals surface area contributed by atoms with E-state index in [-0.39, 0.29) is 45.6 Å². The van der Waals surface area contributed by atoms with E-state index < -0.39 is 42.3 Å². The van der Waals surface area contributed by atoms with Gasteiger partial charge in [-0.2, -0.15) is 9.97 Å². The van der Waals surface area contributed by atoms with Gasteiger partial charge in [-0.3, -0.25) is 4.57 Å². The second kappa shape index (κ2) is 9.97. The van der Waals surface area contributed by atoms with Crippen molar-refractivity contribution < 1.29 is 12.3 Å². The number of rotatable bonds is 4. The van der Waals surface area contributed by atoms with E-state index in [4.69, 9.17) is 27.3 Å². The first kappa shape index (κ1) is 17.5. The molecule has 0 unspecified atom stereocenters. The van der Waals surface area contributed by atoms with Crippen LogP contribution in [0.4, 0.5) is 0 Å². The minimum Gasteiger partial charge on any atom is -0.277 e. The summed E-state index contributed by atoms with van der Waals surface area (Å²) >= 11 is 1.65. The van der Waals surface area contributed by atoms with Crippen molar-refractivity contribution in [3.05, 3.63) is 145 Å². The summed E-state index contributed by atoms with van der Waals surface area (Å²) in [5.41, 5.74) is 1.81. The molecule has 0 aliphatic carbocycles. The molecule has 0 bridgehead atoms. The predicted molar refractivity (Wildman–Crippen MR) is 183 cm³/mol. The maximum Gasteiger partial charge on any atom is 0.238 e. The zero-order valence-corrected chi connectivity index (χ0v) is 23.7. The number of aromatic nitrogens is 4. The Bertz CT molecular complexity index is 2990. The van der Waals surface area contributed by atoms with Crippen LogP contribution in [0.15, 0.2) is 145 Å². The summed E-state index contributed by atoms with van der Waals surface area (Å²) in [6, 6.07) is 24.4. The first-order valence-corrected chi connectivity index (χ1v) is 14.7. The number of para-hydroxylation sites is 2. The van der Waals surface area contributed by atoms with Crippen LogP contribution in [-0.4, -0.2) is 19.5 Å². The number of hydrogen-bond donors (Lipinski definition) is 0. The van der Waals surface area contributed by atoms with Crippen molar-refractivity contribution >= 4 is 53.3 Å². The quantitative estimate of drug-likeness (QED) is 0.205. The molecule has 9 rings (SSSR count). The number of benzene rings is 6. The fraction of sp³-hybridized carbons (Fsp3) is 0. The van der Waals surface area contributed by atoms with Crippen LogP contribution in [-0.2, 0) is 0 Å². The molecule has 0 spiro atoms. The Morgan fingerprint density at radius 1 is 0.523 bits per heavy atom. The zero-order chi connectivity index (χ0) is 36.9. The van der Waals surface area contributed by atoms with Crippen LogP contribution in [0.3, 0.4) is 0 Å². The molecule has 3 heterocycles. The Hall–Kier alpha value is -5.65. The summed E-state index contributed by atoms with van der Waals surface area (Å²) in [6.45, 7) is 0. The highest BCUT2D eigenvalue weighted by atomic mass is 32.1. The molecule has 206 valence electrons. The topological polar surface area (TPSA) is 43.6 Å². The Labute approximate surface area is 270 Å². The number of hydrogen-bond acceptors (Lipinski definition) is 4. The van der Waals surface area contributed by atoms with Gasteiger partial charge < -0.3 is 0 Å². The summed E-state index contributed by atoms with van der Waals surface area (Å²) in [5.74, 6) is 0.637. The molecule has 9 aromatic rings. The first-order valence-electron chi connectivity index (χ1n) is 18.4. The molecule has 44 heavy (non-hydrogen) atoms. The van der Waals surface area contributed by atoms with Crippen LogP contribution in [0.2, 0.25) is 0 Å². The van der Waals surface area contributed by atoms with E-state index in [1.54, 1.807) is 29.5 Å². The van der Waals surface area contributed by atoms with E-state index in [0.717, 1.165) is 20.2 Å². The first-order chi connectivity index (χ1) is 25.5. The van der Waals surface area contributed by atoms with E-state index in [1.807, 2.05) is 60.7 Å². The van der Waals surface area contributed by atoms with Crippen molar-refractivity contribution in [1.29, 1.82) is 0 Å². The highest BCUT2D eigenvalue weighted by molar-refractivity contribution is 7.25. The van der Waals surface area contributed by atoms with Gasteiger partial charge in [-0.15, -0.1) is 11.3 Å². The van der Waals surface area contributed by atoms with Gasteiger partial charge in [0, 0.05) is 47.6 Å². The second-order valence-electron chi connectivity index (χ2n) is 10.2. The number of nitrogens with zero attached hydrogens (tertiary/aromatic N) is 4. The Morgan fingerprint density at radius 2 is 1.25 bits per heavy atom. The summed E-state index contributed by atoms with van der Waals surface area (Å²) < 4.78 is 81.8. The second-order valence-corrected chi connectivity index (χ2v) is 11.3. The van der Waals surface area contributed by atoms with Gasteiger partial charge in [0.15, 0.2) is 11.6 Å². The molecule has 0 radical (unpaired) electrons. The van der Waals surface area contributed by atoms with Gasteiger partial charge >= 0.3 is 0 Å². The van der Waals surface area contributed by atoms with Crippen LogP contribution in [0.1, 0.15) is 12.3 Å². The van der Waals surface area contributed by atoms with Crippen molar-refractivity contribution in [2.24, 2.45) is 0 Å². The molecule has 0 aliphatic heterocycles. The molecular formula is C39H24N4S. The largest absolute Gasteiger partial charge is 0.277 e. The third-order valence-corrected chi connectivity index (χ3v) is 8.82. The van der Waals surface area contributed by atoms with Crippen LogP contribution in [0.5, 0.6) is 0 Å². The van der Waals surface area contributed by atoms with Crippen LogP contribution < -0.4 is 0 Å². The average molecular weight is 590 g/mol. The number of thiophene rings is 1. The molecule has 0 fully saturated rings. The normalized spacial score (nSPS) is 14.5. The SMILES string of the molecule is [2H]c1c([2H])c([2H])c(-c2cccc3c4c([2H])c([2H])c([2H])c([2H])c4n(-c4nc(-c5ccccc5)nc(-c5ccc6c(c5)sc5ccccc56)n4)c23)c([2H])c1[2H]. The maximum absolute atomic E-state index is 9.14. The Kier molecular flexibility index (Phi) is 3.96. The highest BCUT2D eigenvalue weighted by Gasteiger charge is 2.20. The zero-order valence-electron chi connectivity index (χ0n) is 31.9. The summed E-state index contributed by atoms with van der Waals surface area (Å²) in [7, 11) is 0. The van der Waals surface area contributed by atoms with Gasteiger partial charge in [-0.1, -0.05) is 127 Å². The average Bonchev–Trinajstić information content (AvgIpc) is 3.74. The van der Waals surface area contributed by atoms with Crippen molar-refractivity contribution in [3.8, 4) is 39.9 Å². The molecule has 0 saturated heterocycles. The van der Waals surface area contributed by atoms with Crippen molar-refractivity contribution in [2.75, 3.05) is 0 Å². The van der Waals surface area contributed by atoms with Gasteiger partial charge in [0.2, 0.25) is 5.95 Å². The molecule has 4 nitrogen and oxygen atoms in total. The lowest BCUT2D eigenvalue weighted by atomic mass is 10.0. The molecule has 3 aromatic heterocycles. The van der Waals surface area contributed by atoms with Crippen LogP contribution in [0, 0.1) is 0 Å². The third kappa shape index (κ3) is 3.94. The molecule has 0 N–H and O–H groups in total. The molecule has 0 atom stereocenters. The fourth-order valence-electron chi connectivity index (χ4n) is 5.73. The minimum atomic E-state index is -0.540. The monoisotopic (exact) mass is 589 g/mol. The maximum atomic E-state index is 9.14. The fourth-order valence-corrected chi connectivity index (χ4v) is 6.87. The molecule has 5 heteroatoms. The van der Waals surface area contributed by atoms with Crippen LogP contribution in [0.25, 0.3) is 81.8 Å². The van der Waals surface area contributed by atoms with Gasteiger partial charge in [0.05, 0.1) is 23.4 Å². The van der Waals surface area contributed by atoms with Gasteiger partial charge in [0.25, 0.3) is 0 Å². The summed E-state index contributed by atoms with van der Waals surface area (Å²) in [6.07, 6.45) is 0. The molecule has 6 aromatic carbocycles. The third-order valence-electron chi connectivity index (χ3n) is 7.68. The summed E-state index contributed by atoms with van der Waals surface area (Å²) in [5, 5.41) is 2.77. The Balaban J connectivity index is 1.43. The van der Waals surface area contributed by atoms with Gasteiger partial charge in [-0.05, 0) is 23.7 Å². The lowest BCUT2D eigenvalue weighted by Gasteiger charge is -2.13. The van der Waals surface area contributed by atoms with Crippen LogP contribution >= 0.6 is 11.3 Å². The van der Waals surface area contributed by atoms with Gasteiger partial charge in [0.1, 0.15) is 0 Å². The smallest absolute Gasteiger partial charge is 0.238 e. The molecule has 0 aliphatic rings. The predicted octanol–water partition coefficient (Wildman–Crippen LogP) is 10.3. The van der Waals surface area contributed by atoms with E-state index >= 15 is 0 Å². The highest BCUT2D eigenvalue weighted by Crippen LogP contribution is 2.39. The number of fused-ring (bicyclic) bond motifs is 6. The minimum absolute atomic E-state index is 0.0233. The van der Waals surface area contributed by atoms with E-state index in [2.05, 4.69) is 12.1 Å². The van der Waals surface area contributed by atoms with E-state index in [1.165, 1.54) is 4.57 Å². The van der Waals surface area contributed by atoms with Crippen molar-refractivity contribution in [3.63, 3.8) is 0 Å². The molecular weight excluding hydrogens is 557 g/mol. The lowest BCUT2D eigenvalue weighted by molar-refractivity contribution is 0.954. The molecule has 0 amide bonds. The van der Waals surface area contributed by atoms with E-state index in [9.17, 15) is 0 Å². The standard InChI is InChI=1S/C39H24N4S/c1-3-12-25(13-4-1)28-18-11-19-32-29-16-7-9-20-33(29)43(36(28)32)39-41-37(26-14-5-2-6-15-26)40-38(42-39)27-22-23-31-30-17-8-10-21-34(30)44-35(31)24-27/h1-24H/i1D,3D,4D,7D,9D,12D,13D,16D,20D. The van der Waals surface area contributed by atoms with Crippen molar-refractivity contribution in [2.45, 2.75) is 0 Å². The van der Waals surface area contributed by atoms with E-state index in [0.29, 0.717) is 28.2 Å². The summed E-state index contributed by atoms with van der Waals surface area (Å²) in [4.78, 5) is 14.8. The lowest BCUT2D eigenvalue weighted by Crippen LogP contribution is -2.06. The van der Waals surface area contributed by atoms with Crippen molar-refractivity contribution in [1.82, 2.24) is 19.5 Å². The van der Waals surface area contributed by atoms with Gasteiger partial charge in [-0.25, -0.2) is 4.98 Å².